The second-order valence-corrected chi connectivity index (χ2v) is 14.9. The van der Waals surface area contributed by atoms with Crippen molar-refractivity contribution in [3.8, 4) is 73.6 Å². The van der Waals surface area contributed by atoms with Gasteiger partial charge < -0.3 is 0 Å². The molecule has 2 aliphatic carbocycles. The van der Waals surface area contributed by atoms with Gasteiger partial charge in [0.05, 0.1) is 11.6 Å². The predicted molar refractivity (Wildman–Crippen MR) is 232 cm³/mol. The number of benzene rings is 8. The molecule has 2 atom stereocenters. The predicted octanol–water partition coefficient (Wildman–Crippen LogP) is 12.7. The van der Waals surface area contributed by atoms with Gasteiger partial charge in [-0.05, 0) is 73.3 Å². The lowest BCUT2D eigenvalue weighted by Gasteiger charge is -2.25. The molecule has 0 fully saturated rings. The molecule has 0 saturated heterocycles. The van der Waals surface area contributed by atoms with E-state index in [1.54, 1.807) is 0 Å². The maximum atomic E-state index is 11.2. The van der Waals surface area contributed by atoms with Crippen LogP contribution in [-0.4, -0.2) is 15.0 Å². The third-order valence-electron chi connectivity index (χ3n) is 11.7. The summed E-state index contributed by atoms with van der Waals surface area (Å²) in [5.41, 5.74) is 17.5. The fraction of sp³-hybridized carbons (Fsp3) is 0.0370. The van der Waals surface area contributed by atoms with Crippen molar-refractivity contribution in [3.63, 3.8) is 0 Å². The first-order valence-electron chi connectivity index (χ1n) is 19.7. The Balaban J connectivity index is 1.19. The van der Waals surface area contributed by atoms with Gasteiger partial charge in [0, 0.05) is 34.1 Å². The molecular formula is C54H34N4. The molecule has 0 saturated carbocycles. The largest absolute Gasteiger partial charge is 0.208 e. The Bertz CT molecular complexity index is 2890. The second-order valence-electron chi connectivity index (χ2n) is 14.9. The fourth-order valence-electron chi connectivity index (χ4n) is 9.26. The van der Waals surface area contributed by atoms with E-state index in [9.17, 15) is 5.26 Å². The lowest BCUT2D eigenvalue weighted by Crippen LogP contribution is -2.08. The van der Waals surface area contributed by atoms with Gasteiger partial charge in [-0.25, -0.2) is 15.0 Å². The zero-order chi connectivity index (χ0) is 38.6. The van der Waals surface area contributed by atoms with Crippen LogP contribution in [0.5, 0.6) is 0 Å². The Morgan fingerprint density at radius 2 is 0.776 bits per heavy atom. The normalized spacial score (nSPS) is 14.5. The highest BCUT2D eigenvalue weighted by Gasteiger charge is 2.40. The number of fused-ring (bicyclic) bond motifs is 6. The third kappa shape index (κ3) is 5.40. The minimum Gasteiger partial charge on any atom is -0.208 e. The molecule has 2 aliphatic rings. The molecule has 8 aromatic carbocycles. The van der Waals surface area contributed by atoms with E-state index in [-0.39, 0.29) is 11.8 Å². The Kier molecular flexibility index (Phi) is 7.98. The fourth-order valence-corrected chi connectivity index (χ4v) is 9.26. The van der Waals surface area contributed by atoms with Crippen LogP contribution in [0.3, 0.4) is 0 Å². The number of aromatic nitrogens is 3. The van der Waals surface area contributed by atoms with Gasteiger partial charge in [0.1, 0.15) is 0 Å². The van der Waals surface area contributed by atoms with Crippen molar-refractivity contribution < 1.29 is 0 Å². The Hall–Kier alpha value is -7.74. The average Bonchev–Trinajstić information content (AvgIpc) is 3.82. The highest BCUT2D eigenvalue weighted by atomic mass is 15.0. The highest BCUT2D eigenvalue weighted by molar-refractivity contribution is 5.99. The maximum Gasteiger partial charge on any atom is 0.164 e. The van der Waals surface area contributed by atoms with E-state index in [0.717, 1.165) is 27.8 Å². The van der Waals surface area contributed by atoms with Crippen LogP contribution < -0.4 is 0 Å². The second kappa shape index (κ2) is 13.8. The lowest BCUT2D eigenvalue weighted by molar-refractivity contribution is 0.985. The summed E-state index contributed by atoms with van der Waals surface area (Å²) in [4.78, 5) is 15.0. The Morgan fingerprint density at radius 1 is 0.362 bits per heavy atom. The number of rotatable bonds is 6. The van der Waals surface area contributed by atoms with E-state index in [4.69, 9.17) is 15.0 Å². The molecule has 0 radical (unpaired) electrons. The molecule has 4 nitrogen and oxygen atoms in total. The van der Waals surface area contributed by atoms with E-state index >= 15 is 0 Å². The summed E-state index contributed by atoms with van der Waals surface area (Å²) in [5, 5.41) is 11.2. The summed E-state index contributed by atoms with van der Waals surface area (Å²) < 4.78 is 0. The molecule has 58 heavy (non-hydrogen) atoms. The molecular weight excluding hydrogens is 705 g/mol. The van der Waals surface area contributed by atoms with Crippen molar-refractivity contribution in [1.82, 2.24) is 15.0 Å². The van der Waals surface area contributed by atoms with Crippen LogP contribution in [0.2, 0.25) is 0 Å². The smallest absolute Gasteiger partial charge is 0.164 e. The molecule has 1 heterocycles. The van der Waals surface area contributed by atoms with Crippen molar-refractivity contribution in [2.24, 2.45) is 0 Å². The van der Waals surface area contributed by atoms with Crippen molar-refractivity contribution in [2.45, 2.75) is 11.8 Å². The van der Waals surface area contributed by atoms with Gasteiger partial charge in [-0.15, -0.1) is 0 Å². The van der Waals surface area contributed by atoms with Crippen LogP contribution in [0.25, 0.3) is 67.5 Å². The maximum absolute atomic E-state index is 11.2. The van der Waals surface area contributed by atoms with E-state index < -0.39 is 0 Å². The first-order chi connectivity index (χ1) is 28.7. The molecule has 1 aromatic heterocycles. The third-order valence-corrected chi connectivity index (χ3v) is 11.7. The number of nitriles is 1. The van der Waals surface area contributed by atoms with Crippen LogP contribution in [0.1, 0.15) is 50.8 Å². The quantitative estimate of drug-likeness (QED) is 0.170. The van der Waals surface area contributed by atoms with Gasteiger partial charge in [0.2, 0.25) is 0 Å². The molecule has 270 valence electrons. The van der Waals surface area contributed by atoms with Gasteiger partial charge in [-0.3, -0.25) is 0 Å². The zero-order valence-electron chi connectivity index (χ0n) is 31.4. The van der Waals surface area contributed by atoms with Crippen molar-refractivity contribution in [2.75, 3.05) is 0 Å². The molecule has 2 unspecified atom stereocenters. The highest BCUT2D eigenvalue weighted by Crippen LogP contribution is 2.60. The molecule has 11 rings (SSSR count). The number of nitrogens with zero attached hydrogens (tertiary/aromatic N) is 4. The number of hydrogen-bond acceptors (Lipinski definition) is 4. The van der Waals surface area contributed by atoms with Gasteiger partial charge >= 0.3 is 0 Å². The molecule has 0 aliphatic heterocycles. The van der Waals surface area contributed by atoms with Crippen molar-refractivity contribution in [3.05, 3.63) is 233 Å². The first-order valence-corrected chi connectivity index (χ1v) is 19.7. The van der Waals surface area contributed by atoms with E-state index in [2.05, 4.69) is 133 Å². The lowest BCUT2D eigenvalue weighted by atomic mass is 9.77. The summed E-state index contributed by atoms with van der Waals surface area (Å²) in [5.74, 6) is 1.63. The van der Waals surface area contributed by atoms with Crippen LogP contribution >= 0.6 is 0 Å². The van der Waals surface area contributed by atoms with Gasteiger partial charge in [-0.1, -0.05) is 182 Å². The summed E-state index contributed by atoms with van der Waals surface area (Å²) in [7, 11) is 0. The average molecular weight is 739 g/mol. The van der Waals surface area contributed by atoms with Crippen molar-refractivity contribution in [1.29, 1.82) is 5.26 Å². The standard InChI is InChI=1S/C54H34N4/c55-33-39-31-38(54-57-52(36-21-9-3-10-22-36)56-53(58-54)37-23-11-4-12-24-37)29-30-40(39)49-50-45(41-25-13-15-27-43(41)47(50)34-17-5-1-6-18-34)32-46-42-26-14-16-28-44(42)48(51(46)49)35-19-7-2-8-20-35/h1-32,47-48H. The zero-order valence-corrected chi connectivity index (χ0v) is 31.4. The summed E-state index contributed by atoms with van der Waals surface area (Å²) >= 11 is 0. The molecule has 0 spiro atoms. The molecule has 0 bridgehead atoms. The van der Waals surface area contributed by atoms with Crippen LogP contribution in [0.15, 0.2) is 194 Å². The number of hydrogen-bond donors (Lipinski definition) is 0. The first kappa shape index (κ1) is 33.6. The molecule has 0 amide bonds. The Morgan fingerprint density at radius 3 is 1.24 bits per heavy atom. The molecule has 0 N–H and O–H groups in total. The minimum atomic E-state index is -0.0237. The van der Waals surface area contributed by atoms with E-state index in [1.807, 2.05) is 66.7 Å². The Labute approximate surface area is 337 Å². The van der Waals surface area contributed by atoms with Gasteiger partial charge in [0.15, 0.2) is 17.5 Å². The van der Waals surface area contributed by atoms with Crippen LogP contribution in [0.4, 0.5) is 0 Å². The summed E-state index contributed by atoms with van der Waals surface area (Å²) in [6.07, 6.45) is 0. The van der Waals surface area contributed by atoms with Crippen molar-refractivity contribution >= 4 is 0 Å². The van der Waals surface area contributed by atoms with E-state index in [1.165, 1.54) is 55.6 Å². The topological polar surface area (TPSA) is 62.5 Å². The summed E-state index contributed by atoms with van der Waals surface area (Å²) in [6.45, 7) is 0. The van der Waals surface area contributed by atoms with Crippen LogP contribution in [0, 0.1) is 11.3 Å². The van der Waals surface area contributed by atoms with Crippen LogP contribution in [-0.2, 0) is 0 Å². The van der Waals surface area contributed by atoms with E-state index in [0.29, 0.717) is 23.0 Å². The SMILES string of the molecule is N#Cc1cc(-c2nc(-c3ccccc3)nc(-c3ccccc3)n2)ccc1-c1c2c(cc3c1C(c1ccccc1)c1ccccc1-3)-c1ccccc1C2c1ccccc1. The monoisotopic (exact) mass is 738 g/mol. The van der Waals surface area contributed by atoms with Gasteiger partial charge in [-0.2, -0.15) is 5.26 Å². The summed E-state index contributed by atoms with van der Waals surface area (Å²) in [6, 6.07) is 70.5. The molecule has 4 heteroatoms. The minimum absolute atomic E-state index is 0.0237. The van der Waals surface area contributed by atoms with Gasteiger partial charge in [0.25, 0.3) is 0 Å². The molecule has 9 aromatic rings.